The Bertz CT molecular complexity index is 1180. The summed E-state index contributed by atoms with van der Waals surface area (Å²) in [6.07, 6.45) is 0. The second-order valence-corrected chi connectivity index (χ2v) is 9.11. The Kier molecular flexibility index (Phi) is 5.35. The van der Waals surface area contributed by atoms with Gasteiger partial charge in [0.25, 0.3) is 5.91 Å². The van der Waals surface area contributed by atoms with Gasteiger partial charge in [-0.3, -0.25) is 4.79 Å². The highest BCUT2D eigenvalue weighted by molar-refractivity contribution is 7.89. The predicted molar refractivity (Wildman–Crippen MR) is 110 cm³/mol. The molecule has 0 saturated carbocycles. The third-order valence-corrected chi connectivity index (χ3v) is 6.92. The van der Waals surface area contributed by atoms with E-state index in [0.29, 0.717) is 18.8 Å². The maximum atomic E-state index is 12.9. The number of fused-ring (bicyclic) bond motifs is 1. The molecule has 4 rings (SSSR count). The molecular weight excluding hydrogens is 416 g/mol. The normalized spacial score (nSPS) is 15.5. The van der Waals surface area contributed by atoms with Gasteiger partial charge in [0.05, 0.1) is 28.8 Å². The number of hydrogen-bond donors (Lipinski definition) is 1. The van der Waals surface area contributed by atoms with E-state index in [1.165, 1.54) is 22.5 Å². The Morgan fingerprint density at radius 2 is 1.86 bits per heavy atom. The van der Waals surface area contributed by atoms with Crippen LogP contribution in [0, 0.1) is 6.92 Å². The Morgan fingerprint density at radius 1 is 1.10 bits per heavy atom. The summed E-state index contributed by atoms with van der Waals surface area (Å²) in [4.78, 5) is 12.7. The molecule has 0 spiro atoms. The monoisotopic (exact) mass is 434 g/mol. The van der Waals surface area contributed by atoms with Crippen molar-refractivity contribution in [2.45, 2.75) is 11.8 Å². The number of ether oxygens (including phenoxy) is 1. The van der Waals surface area contributed by atoms with E-state index < -0.39 is 15.9 Å². The summed E-state index contributed by atoms with van der Waals surface area (Å²) >= 11 is 6.19. The topological polar surface area (TPSA) is 88.9 Å². The molecular formula is C20H19ClN2O5S. The summed E-state index contributed by atoms with van der Waals surface area (Å²) in [6.45, 7) is 3.20. The molecule has 1 aromatic heterocycles. The highest BCUT2D eigenvalue weighted by Gasteiger charge is 2.27. The molecule has 0 unspecified atom stereocenters. The zero-order valence-electron chi connectivity index (χ0n) is 15.6. The number of furan rings is 1. The molecule has 1 amide bonds. The number of sulfonamides is 1. The van der Waals surface area contributed by atoms with Gasteiger partial charge in [-0.05, 0) is 42.8 Å². The average Bonchev–Trinajstić information content (AvgIpc) is 3.13. The Balaban J connectivity index is 1.61. The first-order valence-corrected chi connectivity index (χ1v) is 10.9. The van der Waals surface area contributed by atoms with E-state index >= 15 is 0 Å². The van der Waals surface area contributed by atoms with Crippen molar-refractivity contribution in [1.29, 1.82) is 0 Å². The third kappa shape index (κ3) is 4.02. The molecule has 1 N–H and O–H groups in total. The maximum Gasteiger partial charge on any atom is 0.291 e. The zero-order chi connectivity index (χ0) is 20.6. The van der Waals surface area contributed by atoms with E-state index in [1.54, 1.807) is 6.07 Å². The lowest BCUT2D eigenvalue weighted by molar-refractivity contribution is 0.0730. The van der Waals surface area contributed by atoms with Crippen molar-refractivity contribution < 1.29 is 22.4 Å². The van der Waals surface area contributed by atoms with Crippen molar-refractivity contribution in [3.63, 3.8) is 0 Å². The minimum atomic E-state index is -3.71. The van der Waals surface area contributed by atoms with Gasteiger partial charge in [-0.1, -0.05) is 23.7 Å². The smallest absolute Gasteiger partial charge is 0.291 e. The molecule has 1 fully saturated rings. The van der Waals surface area contributed by atoms with Crippen molar-refractivity contribution >= 4 is 44.2 Å². The molecule has 2 heterocycles. The number of rotatable bonds is 4. The van der Waals surface area contributed by atoms with E-state index in [2.05, 4.69) is 5.32 Å². The molecule has 3 aromatic rings. The molecule has 9 heteroatoms. The number of hydrogen-bond acceptors (Lipinski definition) is 5. The van der Waals surface area contributed by atoms with Crippen molar-refractivity contribution in [2.75, 3.05) is 31.6 Å². The van der Waals surface area contributed by atoms with Gasteiger partial charge in [0.15, 0.2) is 5.76 Å². The van der Waals surface area contributed by atoms with Crippen molar-refractivity contribution in [3.05, 3.63) is 58.8 Å². The van der Waals surface area contributed by atoms with Crippen molar-refractivity contribution in [1.82, 2.24) is 4.31 Å². The fourth-order valence-electron chi connectivity index (χ4n) is 3.13. The highest BCUT2D eigenvalue weighted by Crippen LogP contribution is 2.28. The molecule has 29 heavy (non-hydrogen) atoms. The van der Waals surface area contributed by atoms with E-state index in [-0.39, 0.29) is 34.5 Å². The molecule has 1 saturated heterocycles. The maximum absolute atomic E-state index is 12.9. The number of benzene rings is 2. The van der Waals surface area contributed by atoms with Gasteiger partial charge in [0.2, 0.25) is 10.0 Å². The molecule has 1 aliphatic rings. The quantitative estimate of drug-likeness (QED) is 0.676. The van der Waals surface area contributed by atoms with Crippen LogP contribution in [0.1, 0.15) is 16.1 Å². The van der Waals surface area contributed by atoms with Gasteiger partial charge in [-0.2, -0.15) is 4.31 Å². The Labute approximate surface area is 173 Å². The molecule has 0 radical (unpaired) electrons. The molecule has 152 valence electrons. The number of nitrogens with one attached hydrogen (secondary N) is 1. The standard InChI is InChI=1S/C20H19ClN2O5S/c1-13-2-3-14-11-19(28-18(14)10-13)20(24)22-17-12-15(4-5-16(17)21)29(25,26)23-6-8-27-9-7-23/h2-5,10-12H,6-9H2,1H3,(H,22,24). The van der Waals surface area contributed by atoms with Gasteiger partial charge >= 0.3 is 0 Å². The van der Waals surface area contributed by atoms with Crippen LogP contribution in [0.25, 0.3) is 11.0 Å². The van der Waals surface area contributed by atoms with E-state index in [0.717, 1.165) is 10.9 Å². The second-order valence-electron chi connectivity index (χ2n) is 6.76. The van der Waals surface area contributed by atoms with Crippen LogP contribution in [0.2, 0.25) is 5.02 Å². The molecule has 0 atom stereocenters. The van der Waals surface area contributed by atoms with Gasteiger partial charge in [-0.15, -0.1) is 0 Å². The van der Waals surface area contributed by atoms with Crippen LogP contribution in [-0.2, 0) is 14.8 Å². The first kappa shape index (κ1) is 19.9. The van der Waals surface area contributed by atoms with Crippen LogP contribution < -0.4 is 5.32 Å². The summed E-state index contributed by atoms with van der Waals surface area (Å²) in [5.74, 6) is -0.398. The van der Waals surface area contributed by atoms with Crippen LogP contribution in [0.4, 0.5) is 5.69 Å². The number of carbonyl (C=O) groups is 1. The van der Waals surface area contributed by atoms with Gasteiger partial charge in [0, 0.05) is 18.5 Å². The number of carbonyl (C=O) groups excluding carboxylic acids is 1. The predicted octanol–water partition coefficient (Wildman–Crippen LogP) is 3.67. The number of morpholine rings is 1. The Morgan fingerprint density at radius 3 is 2.62 bits per heavy atom. The summed E-state index contributed by atoms with van der Waals surface area (Å²) in [7, 11) is -3.71. The van der Waals surface area contributed by atoms with Gasteiger partial charge in [-0.25, -0.2) is 8.42 Å². The molecule has 0 bridgehead atoms. The highest BCUT2D eigenvalue weighted by atomic mass is 35.5. The summed E-state index contributed by atoms with van der Waals surface area (Å²) in [5, 5.41) is 3.67. The van der Waals surface area contributed by atoms with Crippen LogP contribution in [0.3, 0.4) is 0 Å². The zero-order valence-corrected chi connectivity index (χ0v) is 17.2. The van der Waals surface area contributed by atoms with Crippen LogP contribution in [0.5, 0.6) is 0 Å². The van der Waals surface area contributed by atoms with Crippen LogP contribution in [0.15, 0.2) is 51.8 Å². The van der Waals surface area contributed by atoms with E-state index in [9.17, 15) is 13.2 Å². The number of nitrogens with zero attached hydrogens (tertiary/aromatic N) is 1. The third-order valence-electron chi connectivity index (χ3n) is 4.69. The fourth-order valence-corrected chi connectivity index (χ4v) is 4.73. The molecule has 0 aliphatic carbocycles. The number of halogens is 1. The lowest BCUT2D eigenvalue weighted by atomic mass is 10.2. The second kappa shape index (κ2) is 7.79. The van der Waals surface area contributed by atoms with Gasteiger partial charge in [0.1, 0.15) is 5.58 Å². The van der Waals surface area contributed by atoms with Crippen molar-refractivity contribution in [3.8, 4) is 0 Å². The van der Waals surface area contributed by atoms with Crippen molar-refractivity contribution in [2.24, 2.45) is 0 Å². The average molecular weight is 435 g/mol. The first-order valence-electron chi connectivity index (χ1n) is 9.03. The number of anilines is 1. The summed E-state index contributed by atoms with van der Waals surface area (Å²) in [6, 6.07) is 11.5. The van der Waals surface area contributed by atoms with E-state index in [1.807, 2.05) is 25.1 Å². The minimum absolute atomic E-state index is 0.0549. The summed E-state index contributed by atoms with van der Waals surface area (Å²) < 4.78 is 37.9. The SMILES string of the molecule is Cc1ccc2cc(C(=O)Nc3cc(S(=O)(=O)N4CCOCC4)ccc3Cl)oc2c1. The minimum Gasteiger partial charge on any atom is -0.451 e. The molecule has 1 aliphatic heterocycles. The molecule has 2 aromatic carbocycles. The number of aryl methyl sites for hydroxylation is 1. The lowest BCUT2D eigenvalue weighted by Gasteiger charge is -2.26. The Hall–Kier alpha value is -2.39. The lowest BCUT2D eigenvalue weighted by Crippen LogP contribution is -2.40. The van der Waals surface area contributed by atoms with Crippen LogP contribution in [-0.4, -0.2) is 44.9 Å². The number of amides is 1. The fraction of sp³-hybridized carbons (Fsp3) is 0.250. The largest absolute Gasteiger partial charge is 0.451 e. The van der Waals surface area contributed by atoms with Gasteiger partial charge < -0.3 is 14.5 Å². The molecule has 7 nitrogen and oxygen atoms in total. The summed E-state index contributed by atoms with van der Waals surface area (Å²) in [5.41, 5.74) is 1.82. The van der Waals surface area contributed by atoms with Crippen LogP contribution >= 0.6 is 11.6 Å². The van der Waals surface area contributed by atoms with E-state index in [4.69, 9.17) is 20.8 Å². The first-order chi connectivity index (χ1) is 13.8.